The summed E-state index contributed by atoms with van der Waals surface area (Å²) in [4.78, 5) is 29.3. The summed E-state index contributed by atoms with van der Waals surface area (Å²) >= 11 is 1.64. The van der Waals surface area contributed by atoms with Gasteiger partial charge in [0.2, 0.25) is 0 Å². The van der Waals surface area contributed by atoms with Gasteiger partial charge < -0.3 is 4.90 Å². The Balaban J connectivity index is 1.68. The summed E-state index contributed by atoms with van der Waals surface area (Å²) in [6.45, 7) is 0. The third-order valence-corrected chi connectivity index (χ3v) is 6.41. The predicted octanol–water partition coefficient (Wildman–Crippen LogP) is 5.41. The van der Waals surface area contributed by atoms with Gasteiger partial charge in [0.1, 0.15) is 0 Å². The number of carbonyl (C=O) groups excluding carboxylic acids is 2. The molecule has 28 heavy (non-hydrogen) atoms. The van der Waals surface area contributed by atoms with Gasteiger partial charge in [0.05, 0.1) is 0 Å². The van der Waals surface area contributed by atoms with E-state index in [4.69, 9.17) is 0 Å². The molecular formula is C24H17NO2S. The minimum atomic E-state index is -0.0739. The monoisotopic (exact) mass is 383 g/mol. The van der Waals surface area contributed by atoms with Crippen molar-refractivity contribution in [3.63, 3.8) is 0 Å². The molecule has 0 atom stereocenters. The van der Waals surface area contributed by atoms with Crippen LogP contribution in [0.15, 0.2) is 66.7 Å². The molecule has 0 spiro atoms. The van der Waals surface area contributed by atoms with Crippen molar-refractivity contribution in [2.75, 3.05) is 19.0 Å². The molecule has 0 unspecified atom stereocenters. The number of benzene rings is 3. The molecule has 1 aromatic heterocycles. The summed E-state index contributed by atoms with van der Waals surface area (Å²) in [7, 11) is 4.03. The Hall–Kier alpha value is -3.24. The maximum atomic E-state index is 13.2. The van der Waals surface area contributed by atoms with Gasteiger partial charge in [-0.3, -0.25) is 9.59 Å². The van der Waals surface area contributed by atoms with E-state index in [1.54, 1.807) is 41.7 Å². The molecule has 1 aliphatic rings. The van der Waals surface area contributed by atoms with Crippen molar-refractivity contribution < 1.29 is 9.59 Å². The van der Waals surface area contributed by atoms with Crippen LogP contribution in [0.1, 0.15) is 31.8 Å². The average molecular weight is 383 g/mol. The van der Waals surface area contributed by atoms with E-state index in [2.05, 4.69) is 29.2 Å². The fourth-order valence-electron chi connectivity index (χ4n) is 3.77. The summed E-state index contributed by atoms with van der Waals surface area (Å²) in [6, 6.07) is 21.2. The summed E-state index contributed by atoms with van der Waals surface area (Å²) in [5.74, 6) is -0.140. The van der Waals surface area contributed by atoms with Crippen LogP contribution in [0, 0.1) is 0 Å². The smallest absolute Gasteiger partial charge is 0.195 e. The van der Waals surface area contributed by atoms with E-state index in [-0.39, 0.29) is 11.6 Å². The number of carbonyl (C=O) groups is 2. The lowest BCUT2D eigenvalue weighted by Crippen LogP contribution is -2.20. The maximum absolute atomic E-state index is 13.2. The normalized spacial score (nSPS) is 12.8. The van der Waals surface area contributed by atoms with Gasteiger partial charge in [-0.15, -0.1) is 11.3 Å². The fourth-order valence-corrected chi connectivity index (χ4v) is 4.85. The number of thiophene rings is 1. The van der Waals surface area contributed by atoms with Crippen molar-refractivity contribution in [3.05, 3.63) is 89.0 Å². The van der Waals surface area contributed by atoms with Gasteiger partial charge in [0, 0.05) is 57.0 Å². The predicted molar refractivity (Wildman–Crippen MR) is 115 cm³/mol. The quantitative estimate of drug-likeness (QED) is 0.409. The minimum Gasteiger partial charge on any atom is -0.378 e. The Morgan fingerprint density at radius 3 is 2.11 bits per heavy atom. The summed E-state index contributed by atoms with van der Waals surface area (Å²) < 4.78 is 1.02. The van der Waals surface area contributed by atoms with Gasteiger partial charge in [-0.2, -0.15) is 0 Å². The molecule has 0 N–H and O–H groups in total. The van der Waals surface area contributed by atoms with Crippen LogP contribution in [-0.2, 0) is 0 Å². The summed E-state index contributed by atoms with van der Waals surface area (Å²) in [5.41, 5.74) is 4.27. The van der Waals surface area contributed by atoms with E-state index in [0.29, 0.717) is 22.3 Å². The molecule has 4 heteroatoms. The standard InChI is InChI=1S/C24H17NO2S/c1-25(2)15-9-7-14(8-10-15)21-13-19-20(28-21)12-11-18-22(19)24(27)17-6-4-3-5-16(17)23(18)26/h3-13H,1-2H3. The van der Waals surface area contributed by atoms with Crippen LogP contribution in [0.4, 0.5) is 5.69 Å². The van der Waals surface area contributed by atoms with E-state index in [1.807, 2.05) is 26.2 Å². The first-order valence-electron chi connectivity index (χ1n) is 9.07. The van der Waals surface area contributed by atoms with Crippen LogP contribution in [0.2, 0.25) is 0 Å². The van der Waals surface area contributed by atoms with Crippen LogP contribution in [0.25, 0.3) is 20.5 Å². The van der Waals surface area contributed by atoms with Crippen LogP contribution < -0.4 is 4.90 Å². The van der Waals surface area contributed by atoms with Gasteiger partial charge >= 0.3 is 0 Å². The first kappa shape index (κ1) is 16.9. The Morgan fingerprint density at radius 1 is 0.750 bits per heavy atom. The van der Waals surface area contributed by atoms with Crippen molar-refractivity contribution in [1.82, 2.24) is 0 Å². The highest BCUT2D eigenvalue weighted by Crippen LogP contribution is 2.39. The minimum absolute atomic E-state index is 0.0666. The van der Waals surface area contributed by atoms with Crippen molar-refractivity contribution in [2.24, 2.45) is 0 Å². The second-order valence-electron chi connectivity index (χ2n) is 7.16. The summed E-state index contributed by atoms with van der Waals surface area (Å²) in [5, 5.41) is 0.863. The van der Waals surface area contributed by atoms with E-state index in [9.17, 15) is 9.59 Å². The molecule has 0 fully saturated rings. The third kappa shape index (κ3) is 2.42. The number of ketones is 2. The Morgan fingerprint density at radius 2 is 1.43 bits per heavy atom. The topological polar surface area (TPSA) is 37.4 Å². The van der Waals surface area contributed by atoms with Crippen LogP contribution >= 0.6 is 11.3 Å². The molecule has 5 rings (SSSR count). The molecule has 0 amide bonds. The van der Waals surface area contributed by atoms with Crippen LogP contribution in [0.3, 0.4) is 0 Å². The zero-order chi connectivity index (χ0) is 19.4. The van der Waals surface area contributed by atoms with Gasteiger partial charge in [-0.05, 0) is 35.9 Å². The first-order valence-corrected chi connectivity index (χ1v) is 9.89. The molecule has 0 bridgehead atoms. The molecule has 1 aliphatic carbocycles. The second kappa shape index (κ2) is 6.14. The SMILES string of the molecule is CN(C)c1ccc(-c2cc3c4c(ccc3s2)C(=O)c2ccccc2C4=O)cc1. The zero-order valence-corrected chi connectivity index (χ0v) is 16.3. The molecule has 0 saturated heterocycles. The third-order valence-electron chi connectivity index (χ3n) is 5.26. The number of hydrogen-bond donors (Lipinski definition) is 0. The van der Waals surface area contributed by atoms with Crippen LogP contribution in [-0.4, -0.2) is 25.7 Å². The van der Waals surface area contributed by atoms with E-state index in [0.717, 1.165) is 26.2 Å². The van der Waals surface area contributed by atoms with Gasteiger partial charge in [0.15, 0.2) is 11.6 Å². The van der Waals surface area contributed by atoms with E-state index >= 15 is 0 Å². The average Bonchev–Trinajstić information content (AvgIpc) is 3.16. The first-order chi connectivity index (χ1) is 13.5. The Labute approximate surface area is 166 Å². The molecule has 4 aromatic rings. The highest BCUT2D eigenvalue weighted by molar-refractivity contribution is 7.22. The lowest BCUT2D eigenvalue weighted by Gasteiger charge is -2.17. The second-order valence-corrected chi connectivity index (χ2v) is 8.24. The van der Waals surface area contributed by atoms with Crippen LogP contribution in [0.5, 0.6) is 0 Å². The summed E-state index contributed by atoms with van der Waals surface area (Å²) in [6.07, 6.45) is 0. The largest absolute Gasteiger partial charge is 0.378 e. The Bertz CT molecular complexity index is 1270. The fraction of sp³-hybridized carbons (Fsp3) is 0.0833. The van der Waals surface area contributed by atoms with Crippen molar-refractivity contribution >= 4 is 38.7 Å². The zero-order valence-electron chi connectivity index (χ0n) is 15.5. The maximum Gasteiger partial charge on any atom is 0.195 e. The lowest BCUT2D eigenvalue weighted by atomic mass is 9.82. The van der Waals surface area contributed by atoms with Gasteiger partial charge in [-0.1, -0.05) is 36.4 Å². The number of anilines is 1. The Kier molecular flexibility index (Phi) is 3.71. The van der Waals surface area contributed by atoms with E-state index in [1.165, 1.54) is 0 Å². The molecule has 3 aromatic carbocycles. The van der Waals surface area contributed by atoms with Crippen molar-refractivity contribution in [1.29, 1.82) is 0 Å². The number of hydrogen-bond acceptors (Lipinski definition) is 4. The molecule has 136 valence electrons. The lowest BCUT2D eigenvalue weighted by molar-refractivity contribution is 0.0980. The van der Waals surface area contributed by atoms with E-state index < -0.39 is 0 Å². The number of rotatable bonds is 2. The molecule has 1 heterocycles. The van der Waals surface area contributed by atoms with Crippen molar-refractivity contribution in [3.8, 4) is 10.4 Å². The number of fused-ring (bicyclic) bond motifs is 4. The molecule has 0 saturated carbocycles. The van der Waals surface area contributed by atoms with Crippen molar-refractivity contribution in [2.45, 2.75) is 0 Å². The molecule has 0 aliphatic heterocycles. The number of nitrogens with zero attached hydrogens (tertiary/aromatic N) is 1. The molecule has 0 radical (unpaired) electrons. The highest BCUT2D eigenvalue weighted by atomic mass is 32.1. The molecular weight excluding hydrogens is 366 g/mol. The van der Waals surface area contributed by atoms with Gasteiger partial charge in [-0.25, -0.2) is 0 Å². The highest BCUT2D eigenvalue weighted by Gasteiger charge is 2.31. The van der Waals surface area contributed by atoms with Gasteiger partial charge in [0.25, 0.3) is 0 Å². The molecule has 3 nitrogen and oxygen atoms in total.